The van der Waals surface area contributed by atoms with E-state index in [1.54, 1.807) is 0 Å². The summed E-state index contributed by atoms with van der Waals surface area (Å²) in [6, 6.07) is 0. The molecule has 1 heterocycles. The van der Waals surface area contributed by atoms with Gasteiger partial charge in [-0.15, -0.1) is 0 Å². The highest BCUT2D eigenvalue weighted by atomic mass is 16.5. The maximum atomic E-state index is 11.7. The van der Waals surface area contributed by atoms with Crippen molar-refractivity contribution in [2.24, 2.45) is 17.3 Å². The first kappa shape index (κ1) is 12.7. The predicted molar refractivity (Wildman–Crippen MR) is 72.0 cm³/mol. The first-order chi connectivity index (χ1) is 8.84. The molecule has 2 aliphatic carbocycles. The van der Waals surface area contributed by atoms with E-state index in [0.717, 1.165) is 12.0 Å². The van der Waals surface area contributed by atoms with Crippen LogP contribution in [-0.2, 0) is 9.53 Å². The van der Waals surface area contributed by atoms with Gasteiger partial charge in [0.2, 0.25) is 0 Å². The lowest BCUT2D eigenvalue weighted by Gasteiger charge is -2.47. The van der Waals surface area contributed by atoms with Crippen molar-refractivity contribution < 1.29 is 14.6 Å². The molecule has 0 aromatic heterocycles. The third-order valence-corrected chi connectivity index (χ3v) is 5.25. The Morgan fingerprint density at radius 2 is 2.11 bits per heavy atom. The first-order valence-corrected chi connectivity index (χ1v) is 6.89. The van der Waals surface area contributed by atoms with Crippen molar-refractivity contribution in [1.29, 1.82) is 0 Å². The van der Waals surface area contributed by atoms with E-state index in [1.165, 1.54) is 5.57 Å². The molecule has 3 nitrogen and oxygen atoms in total. The van der Waals surface area contributed by atoms with Crippen LogP contribution in [0, 0.1) is 17.3 Å². The van der Waals surface area contributed by atoms with Crippen LogP contribution in [0.3, 0.4) is 0 Å². The van der Waals surface area contributed by atoms with E-state index < -0.39 is 0 Å². The standard InChI is InChI=1S/C16H20O3/c1-8-5-11-6-13-12(9(2)15(18)19-13)7-16(11,4)10(3)14(8)17/h5-6,8,10,14,17H,7H2,1-4H3. The molecule has 3 heteroatoms. The summed E-state index contributed by atoms with van der Waals surface area (Å²) < 4.78 is 5.31. The number of hydrogen-bond acceptors (Lipinski definition) is 3. The number of hydrogen-bond donors (Lipinski definition) is 1. The van der Waals surface area contributed by atoms with Gasteiger partial charge in [0.25, 0.3) is 0 Å². The van der Waals surface area contributed by atoms with Crippen LogP contribution in [0.15, 0.2) is 34.6 Å². The fourth-order valence-corrected chi connectivity index (χ4v) is 3.53. The molecule has 0 bridgehead atoms. The molecule has 0 spiro atoms. The smallest absolute Gasteiger partial charge is 0.339 e. The molecular formula is C16H20O3. The fraction of sp³-hybridized carbons (Fsp3) is 0.562. The summed E-state index contributed by atoms with van der Waals surface area (Å²) in [5, 5.41) is 10.3. The minimum Gasteiger partial charge on any atom is -0.423 e. The second-order valence-electron chi connectivity index (χ2n) is 6.36. The molecule has 0 radical (unpaired) electrons. The molecule has 0 aromatic carbocycles. The number of allylic oxidation sites excluding steroid dienone is 3. The molecule has 3 aliphatic rings. The van der Waals surface area contributed by atoms with Crippen molar-refractivity contribution >= 4 is 5.97 Å². The molecule has 4 atom stereocenters. The topological polar surface area (TPSA) is 46.5 Å². The molecule has 4 unspecified atom stereocenters. The van der Waals surface area contributed by atoms with Gasteiger partial charge >= 0.3 is 5.97 Å². The average molecular weight is 260 g/mol. The van der Waals surface area contributed by atoms with E-state index in [2.05, 4.69) is 19.9 Å². The van der Waals surface area contributed by atoms with Crippen LogP contribution in [0.4, 0.5) is 0 Å². The van der Waals surface area contributed by atoms with E-state index in [-0.39, 0.29) is 29.3 Å². The van der Waals surface area contributed by atoms with Crippen LogP contribution in [-0.4, -0.2) is 17.2 Å². The molecule has 19 heavy (non-hydrogen) atoms. The Kier molecular flexibility index (Phi) is 2.55. The van der Waals surface area contributed by atoms with Crippen molar-refractivity contribution in [1.82, 2.24) is 0 Å². The maximum absolute atomic E-state index is 11.7. The Bertz CT molecular complexity index is 552. The number of rotatable bonds is 0. The third-order valence-electron chi connectivity index (χ3n) is 5.25. The Balaban J connectivity index is 2.15. The molecule has 1 aliphatic heterocycles. The van der Waals surface area contributed by atoms with Crippen LogP contribution >= 0.6 is 0 Å². The molecule has 0 fully saturated rings. The van der Waals surface area contributed by atoms with E-state index in [4.69, 9.17) is 4.74 Å². The van der Waals surface area contributed by atoms with Gasteiger partial charge in [0, 0.05) is 22.5 Å². The van der Waals surface area contributed by atoms with E-state index in [0.29, 0.717) is 11.3 Å². The second kappa shape index (κ2) is 3.83. The van der Waals surface area contributed by atoms with Crippen molar-refractivity contribution in [2.75, 3.05) is 0 Å². The van der Waals surface area contributed by atoms with Crippen LogP contribution in [0.2, 0.25) is 0 Å². The fourth-order valence-electron chi connectivity index (χ4n) is 3.53. The number of aliphatic hydroxyl groups excluding tert-OH is 1. The SMILES string of the molecule is CC1=C2CC3(C)C(=CC(C)C(O)C3C)C=C2OC1=O. The Labute approximate surface area is 113 Å². The number of esters is 1. The summed E-state index contributed by atoms with van der Waals surface area (Å²) in [7, 11) is 0. The highest BCUT2D eigenvalue weighted by molar-refractivity contribution is 5.94. The van der Waals surface area contributed by atoms with Gasteiger partial charge in [0.15, 0.2) is 0 Å². The van der Waals surface area contributed by atoms with E-state index >= 15 is 0 Å². The summed E-state index contributed by atoms with van der Waals surface area (Å²) >= 11 is 0. The second-order valence-corrected chi connectivity index (χ2v) is 6.36. The normalized spacial score (nSPS) is 41.3. The van der Waals surface area contributed by atoms with Crippen molar-refractivity contribution in [2.45, 2.75) is 40.2 Å². The van der Waals surface area contributed by atoms with Crippen LogP contribution in [0.5, 0.6) is 0 Å². The highest BCUT2D eigenvalue weighted by Crippen LogP contribution is 2.54. The predicted octanol–water partition coefficient (Wildman–Crippen LogP) is 2.73. The monoisotopic (exact) mass is 260 g/mol. The van der Waals surface area contributed by atoms with Crippen molar-refractivity contribution in [3.8, 4) is 0 Å². The molecule has 1 N–H and O–H groups in total. The van der Waals surface area contributed by atoms with E-state index in [9.17, 15) is 9.90 Å². The molecular weight excluding hydrogens is 240 g/mol. The largest absolute Gasteiger partial charge is 0.423 e. The van der Waals surface area contributed by atoms with Gasteiger partial charge < -0.3 is 9.84 Å². The van der Waals surface area contributed by atoms with Gasteiger partial charge in [0.05, 0.1) is 6.10 Å². The summed E-state index contributed by atoms with van der Waals surface area (Å²) in [5.74, 6) is 0.780. The summed E-state index contributed by atoms with van der Waals surface area (Å²) in [5.41, 5.74) is 2.81. The summed E-state index contributed by atoms with van der Waals surface area (Å²) in [4.78, 5) is 11.7. The molecule has 0 aromatic rings. The van der Waals surface area contributed by atoms with Crippen molar-refractivity contribution in [3.05, 3.63) is 34.6 Å². The molecule has 3 rings (SSSR count). The van der Waals surface area contributed by atoms with Crippen molar-refractivity contribution in [3.63, 3.8) is 0 Å². The van der Waals surface area contributed by atoms with E-state index in [1.807, 2.05) is 19.9 Å². The number of carbonyl (C=O) groups excluding carboxylic acids is 1. The Hall–Kier alpha value is -1.35. The Morgan fingerprint density at radius 1 is 1.42 bits per heavy atom. The van der Waals surface area contributed by atoms with Crippen LogP contribution in [0.1, 0.15) is 34.1 Å². The third kappa shape index (κ3) is 1.57. The molecule has 0 saturated carbocycles. The van der Waals surface area contributed by atoms with Crippen LogP contribution < -0.4 is 0 Å². The molecule has 102 valence electrons. The molecule has 0 saturated heterocycles. The summed E-state index contributed by atoms with van der Waals surface area (Å²) in [6.07, 6.45) is 4.55. The minimum absolute atomic E-state index is 0.111. The van der Waals surface area contributed by atoms with Crippen LogP contribution in [0.25, 0.3) is 0 Å². The maximum Gasteiger partial charge on any atom is 0.339 e. The molecule has 0 amide bonds. The first-order valence-electron chi connectivity index (χ1n) is 6.89. The summed E-state index contributed by atoms with van der Waals surface area (Å²) in [6.45, 7) is 8.13. The lowest BCUT2D eigenvalue weighted by atomic mass is 9.59. The van der Waals surface area contributed by atoms with Gasteiger partial charge in [-0.3, -0.25) is 0 Å². The number of carbonyl (C=O) groups is 1. The highest BCUT2D eigenvalue weighted by Gasteiger charge is 2.48. The zero-order chi connectivity index (χ0) is 13.9. The number of ether oxygens (including phenoxy) is 1. The Morgan fingerprint density at radius 3 is 2.79 bits per heavy atom. The number of fused-ring (bicyclic) bond motifs is 2. The zero-order valence-corrected chi connectivity index (χ0v) is 11.9. The van der Waals surface area contributed by atoms with Gasteiger partial charge in [-0.1, -0.05) is 26.8 Å². The average Bonchev–Trinajstić information content (AvgIpc) is 2.62. The quantitative estimate of drug-likeness (QED) is 0.681. The lowest BCUT2D eigenvalue weighted by molar-refractivity contribution is -0.133. The van der Waals surface area contributed by atoms with Gasteiger partial charge in [0.1, 0.15) is 5.76 Å². The number of aliphatic hydroxyl groups is 1. The van der Waals surface area contributed by atoms with Gasteiger partial charge in [-0.2, -0.15) is 0 Å². The van der Waals surface area contributed by atoms with Gasteiger partial charge in [-0.05, 0) is 30.9 Å². The minimum atomic E-state index is -0.331. The zero-order valence-electron chi connectivity index (χ0n) is 11.9. The van der Waals surface area contributed by atoms with Gasteiger partial charge in [-0.25, -0.2) is 4.79 Å². The lowest BCUT2D eigenvalue weighted by Crippen LogP contribution is -2.43.